The molecule has 0 heterocycles. The van der Waals surface area contributed by atoms with Gasteiger partial charge in [0.2, 0.25) is 0 Å². The predicted octanol–water partition coefficient (Wildman–Crippen LogP) is 3.82. The van der Waals surface area contributed by atoms with Crippen molar-refractivity contribution in [3.05, 3.63) is 35.4 Å². The first-order valence-electron chi connectivity index (χ1n) is 9.01. The Morgan fingerprint density at radius 2 is 1.65 bits per heavy atom. The molecule has 0 saturated carbocycles. The highest BCUT2D eigenvalue weighted by molar-refractivity contribution is 5.74. The maximum atomic E-state index is 12.2. The van der Waals surface area contributed by atoms with Crippen LogP contribution in [0.25, 0.3) is 0 Å². The van der Waals surface area contributed by atoms with E-state index in [4.69, 9.17) is 4.74 Å². The molecule has 0 aliphatic rings. The van der Waals surface area contributed by atoms with Crippen LogP contribution in [0.1, 0.15) is 51.7 Å². The molecule has 0 aliphatic heterocycles. The molecule has 1 rings (SSSR count). The minimum atomic E-state index is -0.528. The molecule has 146 valence electrons. The summed E-state index contributed by atoms with van der Waals surface area (Å²) in [6, 6.07) is 8.13. The normalized spacial score (nSPS) is 11.2. The molecule has 1 aromatic carbocycles. The first-order valence-corrected chi connectivity index (χ1v) is 9.01. The number of amides is 3. The number of carbonyl (C=O) groups is 2. The van der Waals surface area contributed by atoms with Gasteiger partial charge in [-0.05, 0) is 37.8 Å². The van der Waals surface area contributed by atoms with E-state index < -0.39 is 11.7 Å². The summed E-state index contributed by atoms with van der Waals surface area (Å²) in [7, 11) is 3.41. The molecule has 1 N–H and O–H groups in total. The standard InChI is InChI=1S/C20H33N3O3/c1-15(2)17-10-8-16(9-11-17)14-23(7)18(24)21-12-13-22(6)19(25)26-20(3,4)5/h8-11,15H,12-14H2,1-7H3,(H,21,24). The molecule has 6 heteroatoms. The van der Waals surface area contributed by atoms with E-state index in [2.05, 4.69) is 43.4 Å². The van der Waals surface area contributed by atoms with Gasteiger partial charge in [0.05, 0.1) is 0 Å². The highest BCUT2D eigenvalue weighted by Crippen LogP contribution is 2.15. The second kappa shape index (κ2) is 9.46. The van der Waals surface area contributed by atoms with E-state index in [1.807, 2.05) is 20.8 Å². The third-order valence-corrected chi connectivity index (χ3v) is 3.84. The Balaban J connectivity index is 2.39. The van der Waals surface area contributed by atoms with E-state index >= 15 is 0 Å². The van der Waals surface area contributed by atoms with Crippen molar-refractivity contribution in [3.63, 3.8) is 0 Å². The lowest BCUT2D eigenvalue weighted by molar-refractivity contribution is 0.0300. The molecular formula is C20H33N3O3. The van der Waals surface area contributed by atoms with Gasteiger partial charge in [-0.3, -0.25) is 0 Å². The van der Waals surface area contributed by atoms with Crippen LogP contribution < -0.4 is 5.32 Å². The van der Waals surface area contributed by atoms with Crippen LogP contribution in [0.15, 0.2) is 24.3 Å². The fourth-order valence-corrected chi connectivity index (χ4v) is 2.25. The number of nitrogens with zero attached hydrogens (tertiary/aromatic N) is 2. The summed E-state index contributed by atoms with van der Waals surface area (Å²) in [5.74, 6) is 0.493. The molecule has 0 saturated heterocycles. The number of benzene rings is 1. The van der Waals surface area contributed by atoms with Crippen LogP contribution in [0.2, 0.25) is 0 Å². The third kappa shape index (κ3) is 7.76. The summed E-state index contributed by atoms with van der Waals surface area (Å²) >= 11 is 0. The topological polar surface area (TPSA) is 61.9 Å². The van der Waals surface area contributed by atoms with Gasteiger partial charge in [-0.25, -0.2) is 9.59 Å². The van der Waals surface area contributed by atoms with Crippen molar-refractivity contribution >= 4 is 12.1 Å². The van der Waals surface area contributed by atoms with Crippen LogP contribution in [0.3, 0.4) is 0 Å². The summed E-state index contributed by atoms with van der Waals surface area (Å²) in [6.45, 7) is 11.1. The molecule has 0 radical (unpaired) electrons. The zero-order chi connectivity index (χ0) is 19.9. The number of ether oxygens (including phenoxy) is 1. The Labute approximate surface area is 157 Å². The van der Waals surface area contributed by atoms with Crippen LogP contribution in [0.5, 0.6) is 0 Å². The second-order valence-corrected chi connectivity index (χ2v) is 7.89. The van der Waals surface area contributed by atoms with Gasteiger partial charge >= 0.3 is 12.1 Å². The van der Waals surface area contributed by atoms with Gasteiger partial charge in [0, 0.05) is 33.7 Å². The molecule has 0 fully saturated rings. The van der Waals surface area contributed by atoms with Crippen molar-refractivity contribution in [3.8, 4) is 0 Å². The lowest BCUT2D eigenvalue weighted by Crippen LogP contribution is -2.42. The number of hydrogen-bond acceptors (Lipinski definition) is 3. The maximum absolute atomic E-state index is 12.2. The SMILES string of the molecule is CC(C)c1ccc(CN(C)C(=O)NCCN(C)C(=O)OC(C)(C)C)cc1. The van der Waals surface area contributed by atoms with E-state index in [0.717, 1.165) is 5.56 Å². The van der Waals surface area contributed by atoms with Gasteiger partial charge in [0.1, 0.15) is 5.60 Å². The number of urea groups is 1. The van der Waals surface area contributed by atoms with E-state index in [1.165, 1.54) is 10.5 Å². The molecule has 6 nitrogen and oxygen atoms in total. The van der Waals surface area contributed by atoms with E-state index in [9.17, 15) is 9.59 Å². The average Bonchev–Trinajstić information content (AvgIpc) is 2.53. The van der Waals surface area contributed by atoms with Crippen molar-refractivity contribution in [1.82, 2.24) is 15.1 Å². The Morgan fingerprint density at radius 1 is 1.08 bits per heavy atom. The third-order valence-electron chi connectivity index (χ3n) is 3.84. The Kier molecular flexibility index (Phi) is 7.93. The number of nitrogens with one attached hydrogen (secondary N) is 1. The molecule has 1 aromatic rings. The van der Waals surface area contributed by atoms with E-state index in [0.29, 0.717) is 25.6 Å². The van der Waals surface area contributed by atoms with Gasteiger partial charge in [-0.15, -0.1) is 0 Å². The predicted molar refractivity (Wildman–Crippen MR) is 104 cm³/mol. The minimum Gasteiger partial charge on any atom is -0.444 e. The zero-order valence-electron chi connectivity index (χ0n) is 17.1. The minimum absolute atomic E-state index is 0.171. The second-order valence-electron chi connectivity index (χ2n) is 7.89. The molecular weight excluding hydrogens is 330 g/mol. The van der Waals surface area contributed by atoms with Crippen molar-refractivity contribution in [2.24, 2.45) is 0 Å². The van der Waals surface area contributed by atoms with Gasteiger partial charge in [-0.2, -0.15) is 0 Å². The van der Waals surface area contributed by atoms with Crippen molar-refractivity contribution < 1.29 is 14.3 Å². The zero-order valence-corrected chi connectivity index (χ0v) is 17.1. The summed E-state index contributed by atoms with van der Waals surface area (Å²) in [5, 5.41) is 2.82. The molecule has 0 spiro atoms. The van der Waals surface area contributed by atoms with Gasteiger partial charge < -0.3 is 19.9 Å². The number of hydrogen-bond donors (Lipinski definition) is 1. The highest BCUT2D eigenvalue weighted by atomic mass is 16.6. The highest BCUT2D eigenvalue weighted by Gasteiger charge is 2.19. The lowest BCUT2D eigenvalue weighted by atomic mass is 10.0. The van der Waals surface area contributed by atoms with Gasteiger partial charge in [0.15, 0.2) is 0 Å². The first kappa shape index (κ1) is 21.8. The van der Waals surface area contributed by atoms with Crippen LogP contribution in [0.4, 0.5) is 9.59 Å². The van der Waals surface area contributed by atoms with Crippen molar-refractivity contribution in [1.29, 1.82) is 0 Å². The summed E-state index contributed by atoms with van der Waals surface area (Å²) in [4.78, 5) is 27.1. The van der Waals surface area contributed by atoms with Crippen LogP contribution in [0, 0.1) is 0 Å². The van der Waals surface area contributed by atoms with Gasteiger partial charge in [-0.1, -0.05) is 38.1 Å². The maximum Gasteiger partial charge on any atom is 0.410 e. The first-order chi connectivity index (χ1) is 12.0. The fourth-order valence-electron chi connectivity index (χ4n) is 2.25. The Bertz CT molecular complexity index is 591. The molecule has 3 amide bonds. The molecule has 0 unspecified atom stereocenters. The molecule has 0 aliphatic carbocycles. The van der Waals surface area contributed by atoms with Crippen LogP contribution >= 0.6 is 0 Å². The van der Waals surface area contributed by atoms with Gasteiger partial charge in [0.25, 0.3) is 0 Å². The molecule has 26 heavy (non-hydrogen) atoms. The van der Waals surface area contributed by atoms with Crippen LogP contribution in [-0.2, 0) is 11.3 Å². The molecule has 0 atom stereocenters. The lowest BCUT2D eigenvalue weighted by Gasteiger charge is -2.25. The summed E-state index contributed by atoms with van der Waals surface area (Å²) in [6.07, 6.45) is -0.398. The Morgan fingerprint density at radius 3 is 2.15 bits per heavy atom. The number of carbonyl (C=O) groups excluding carboxylic acids is 2. The fraction of sp³-hybridized carbons (Fsp3) is 0.600. The van der Waals surface area contributed by atoms with Crippen LogP contribution in [-0.4, -0.2) is 54.7 Å². The average molecular weight is 364 g/mol. The molecule has 0 bridgehead atoms. The van der Waals surface area contributed by atoms with E-state index in [-0.39, 0.29) is 6.03 Å². The summed E-state index contributed by atoms with van der Waals surface area (Å²) < 4.78 is 5.27. The monoisotopic (exact) mass is 363 g/mol. The number of likely N-dealkylation sites (N-methyl/N-ethyl adjacent to an activating group) is 1. The smallest absolute Gasteiger partial charge is 0.410 e. The largest absolute Gasteiger partial charge is 0.444 e. The van der Waals surface area contributed by atoms with Crippen molar-refractivity contribution in [2.45, 2.75) is 52.7 Å². The molecule has 0 aromatic heterocycles. The van der Waals surface area contributed by atoms with Crippen molar-refractivity contribution in [2.75, 3.05) is 27.2 Å². The number of rotatable bonds is 6. The summed E-state index contributed by atoms with van der Waals surface area (Å²) in [5.41, 5.74) is 1.84. The van der Waals surface area contributed by atoms with E-state index in [1.54, 1.807) is 19.0 Å². The quantitative estimate of drug-likeness (QED) is 0.836. The Hall–Kier alpha value is -2.24.